The molecular formula is C28H24N4O. The van der Waals surface area contributed by atoms with E-state index in [9.17, 15) is 4.79 Å². The minimum Gasteiger partial charge on any atom is -0.361 e. The standard InChI is InChI=1S/C28H24N4O/c33-27(29-18-17-22-19-30-26-14-8-7-13-25(22)26)16-15-23-20-32(24-11-5-2-6-12-24)31-28(23)21-9-3-1-4-10-21/h1-16,19-20,30H,17-18H2,(H,29,33). The number of carbonyl (C=O) groups excluding carboxylic acids is 1. The molecule has 0 bridgehead atoms. The molecule has 1 amide bonds. The molecule has 33 heavy (non-hydrogen) atoms. The summed E-state index contributed by atoms with van der Waals surface area (Å²) in [7, 11) is 0. The highest BCUT2D eigenvalue weighted by Gasteiger charge is 2.11. The number of hydrogen-bond acceptors (Lipinski definition) is 2. The van der Waals surface area contributed by atoms with E-state index in [1.807, 2.05) is 95.9 Å². The van der Waals surface area contributed by atoms with Crippen LogP contribution in [0.25, 0.3) is 33.9 Å². The average molecular weight is 433 g/mol. The number of fused-ring (bicyclic) bond motifs is 1. The maximum absolute atomic E-state index is 12.5. The summed E-state index contributed by atoms with van der Waals surface area (Å²) in [5.74, 6) is -0.124. The predicted molar refractivity (Wildman–Crippen MR) is 133 cm³/mol. The number of nitrogens with zero attached hydrogens (tertiary/aromatic N) is 2. The minimum atomic E-state index is -0.124. The number of H-pyrrole nitrogens is 1. The van der Waals surface area contributed by atoms with Crippen LogP contribution in [0.15, 0.2) is 103 Å². The van der Waals surface area contributed by atoms with Crippen LogP contribution in [-0.4, -0.2) is 27.2 Å². The van der Waals surface area contributed by atoms with E-state index in [1.54, 1.807) is 6.08 Å². The van der Waals surface area contributed by atoms with Crippen molar-refractivity contribution >= 4 is 22.9 Å². The Kier molecular flexibility index (Phi) is 5.85. The fourth-order valence-corrected chi connectivity index (χ4v) is 3.93. The highest BCUT2D eigenvalue weighted by Crippen LogP contribution is 2.24. The van der Waals surface area contributed by atoms with Gasteiger partial charge in [0.1, 0.15) is 0 Å². The molecule has 5 heteroatoms. The number of rotatable bonds is 7. The monoisotopic (exact) mass is 432 g/mol. The number of benzene rings is 3. The van der Waals surface area contributed by atoms with Crippen molar-refractivity contribution in [1.29, 1.82) is 0 Å². The van der Waals surface area contributed by atoms with Gasteiger partial charge in [-0.1, -0.05) is 66.7 Å². The first kappa shape index (κ1) is 20.5. The Hall–Kier alpha value is -4.38. The van der Waals surface area contributed by atoms with Gasteiger partial charge in [0.05, 0.1) is 11.4 Å². The SMILES string of the molecule is O=C(C=Cc1cn(-c2ccccc2)nc1-c1ccccc1)NCCc1c[nH]c2ccccc12. The summed E-state index contributed by atoms with van der Waals surface area (Å²) in [6, 6.07) is 28.2. The smallest absolute Gasteiger partial charge is 0.244 e. The molecule has 5 nitrogen and oxygen atoms in total. The van der Waals surface area contributed by atoms with Gasteiger partial charge < -0.3 is 10.3 Å². The molecular weight excluding hydrogens is 408 g/mol. The molecule has 0 saturated heterocycles. The summed E-state index contributed by atoms with van der Waals surface area (Å²) in [5, 5.41) is 8.97. The molecule has 0 aliphatic heterocycles. The van der Waals surface area contributed by atoms with Gasteiger partial charge in [0.25, 0.3) is 0 Å². The van der Waals surface area contributed by atoms with Gasteiger partial charge >= 0.3 is 0 Å². The Labute approximate surface area is 192 Å². The zero-order chi connectivity index (χ0) is 22.5. The Bertz CT molecular complexity index is 1400. The second-order valence-corrected chi connectivity index (χ2v) is 7.81. The maximum Gasteiger partial charge on any atom is 0.244 e. The molecule has 0 aliphatic carbocycles. The Morgan fingerprint density at radius 3 is 2.48 bits per heavy atom. The predicted octanol–water partition coefficient (Wildman–Crippen LogP) is 5.39. The van der Waals surface area contributed by atoms with Crippen molar-refractivity contribution in [3.8, 4) is 16.9 Å². The minimum absolute atomic E-state index is 0.124. The fourth-order valence-electron chi connectivity index (χ4n) is 3.93. The molecule has 3 aromatic carbocycles. The second-order valence-electron chi connectivity index (χ2n) is 7.81. The number of aromatic nitrogens is 3. The quantitative estimate of drug-likeness (QED) is 0.339. The van der Waals surface area contributed by atoms with Crippen LogP contribution in [0.2, 0.25) is 0 Å². The van der Waals surface area contributed by atoms with Crippen LogP contribution in [0, 0.1) is 0 Å². The van der Waals surface area contributed by atoms with E-state index in [2.05, 4.69) is 22.4 Å². The highest BCUT2D eigenvalue weighted by atomic mass is 16.1. The van der Waals surface area contributed by atoms with Crippen molar-refractivity contribution in [2.24, 2.45) is 0 Å². The van der Waals surface area contributed by atoms with Crippen LogP contribution >= 0.6 is 0 Å². The molecule has 5 aromatic rings. The first-order valence-electron chi connectivity index (χ1n) is 11.0. The number of carbonyl (C=O) groups is 1. The van der Waals surface area contributed by atoms with E-state index >= 15 is 0 Å². The topological polar surface area (TPSA) is 62.7 Å². The maximum atomic E-state index is 12.5. The number of amides is 1. The zero-order valence-electron chi connectivity index (χ0n) is 18.1. The lowest BCUT2D eigenvalue weighted by molar-refractivity contribution is -0.116. The third-order valence-corrected chi connectivity index (χ3v) is 5.59. The molecule has 2 aromatic heterocycles. The molecule has 2 N–H and O–H groups in total. The summed E-state index contributed by atoms with van der Waals surface area (Å²) < 4.78 is 1.84. The van der Waals surface area contributed by atoms with E-state index in [0.717, 1.165) is 34.4 Å². The van der Waals surface area contributed by atoms with Crippen LogP contribution in [0.3, 0.4) is 0 Å². The van der Waals surface area contributed by atoms with Gasteiger partial charge in [-0.3, -0.25) is 4.79 Å². The van der Waals surface area contributed by atoms with Crippen molar-refractivity contribution in [2.75, 3.05) is 6.54 Å². The normalized spacial score (nSPS) is 11.3. The Morgan fingerprint density at radius 2 is 1.67 bits per heavy atom. The van der Waals surface area contributed by atoms with E-state index in [-0.39, 0.29) is 5.91 Å². The van der Waals surface area contributed by atoms with Crippen LogP contribution < -0.4 is 5.32 Å². The average Bonchev–Trinajstić information content (AvgIpc) is 3.49. The molecule has 0 spiro atoms. The van der Waals surface area contributed by atoms with Gasteiger partial charge in [-0.15, -0.1) is 0 Å². The first-order valence-corrected chi connectivity index (χ1v) is 11.0. The van der Waals surface area contributed by atoms with E-state index < -0.39 is 0 Å². The highest BCUT2D eigenvalue weighted by molar-refractivity contribution is 5.93. The fraction of sp³-hybridized carbons (Fsp3) is 0.0714. The van der Waals surface area contributed by atoms with E-state index in [0.29, 0.717) is 6.54 Å². The van der Waals surface area contributed by atoms with E-state index in [1.165, 1.54) is 10.9 Å². The third kappa shape index (κ3) is 4.62. The molecule has 2 heterocycles. The molecule has 0 fully saturated rings. The van der Waals surface area contributed by atoms with Crippen molar-refractivity contribution < 1.29 is 4.79 Å². The number of nitrogens with one attached hydrogen (secondary N) is 2. The van der Waals surface area contributed by atoms with Crippen LogP contribution in [0.5, 0.6) is 0 Å². The Morgan fingerprint density at radius 1 is 0.939 bits per heavy atom. The number of aromatic amines is 1. The van der Waals surface area contributed by atoms with Crippen molar-refractivity contribution in [3.05, 3.63) is 115 Å². The summed E-state index contributed by atoms with van der Waals surface area (Å²) in [6.07, 6.45) is 8.14. The van der Waals surface area contributed by atoms with Crippen molar-refractivity contribution in [1.82, 2.24) is 20.1 Å². The summed E-state index contributed by atoms with van der Waals surface area (Å²) in [6.45, 7) is 0.569. The van der Waals surface area contributed by atoms with Gasteiger partial charge in [0, 0.05) is 47.0 Å². The molecule has 0 radical (unpaired) electrons. The van der Waals surface area contributed by atoms with Gasteiger partial charge in [0.2, 0.25) is 5.91 Å². The van der Waals surface area contributed by atoms with Crippen LogP contribution in [-0.2, 0) is 11.2 Å². The lowest BCUT2D eigenvalue weighted by Crippen LogP contribution is -2.23. The molecule has 0 aliphatic rings. The van der Waals surface area contributed by atoms with Crippen molar-refractivity contribution in [2.45, 2.75) is 6.42 Å². The lowest BCUT2D eigenvalue weighted by atomic mass is 10.1. The molecule has 0 saturated carbocycles. The molecule has 0 unspecified atom stereocenters. The van der Waals surface area contributed by atoms with Crippen LogP contribution in [0.1, 0.15) is 11.1 Å². The summed E-state index contributed by atoms with van der Waals surface area (Å²) in [4.78, 5) is 15.8. The molecule has 5 rings (SSSR count). The molecule has 0 atom stereocenters. The third-order valence-electron chi connectivity index (χ3n) is 5.59. The summed E-state index contributed by atoms with van der Waals surface area (Å²) >= 11 is 0. The largest absolute Gasteiger partial charge is 0.361 e. The van der Waals surface area contributed by atoms with E-state index in [4.69, 9.17) is 5.10 Å². The zero-order valence-corrected chi connectivity index (χ0v) is 18.1. The first-order chi connectivity index (χ1) is 16.3. The van der Waals surface area contributed by atoms with Gasteiger partial charge in [-0.2, -0.15) is 5.10 Å². The lowest BCUT2D eigenvalue weighted by Gasteiger charge is -2.02. The number of hydrogen-bond donors (Lipinski definition) is 2. The number of para-hydroxylation sites is 2. The van der Waals surface area contributed by atoms with Gasteiger partial charge in [0.15, 0.2) is 0 Å². The second kappa shape index (κ2) is 9.40. The van der Waals surface area contributed by atoms with Gasteiger partial charge in [-0.05, 0) is 36.3 Å². The van der Waals surface area contributed by atoms with Crippen molar-refractivity contribution in [3.63, 3.8) is 0 Å². The van der Waals surface area contributed by atoms with Gasteiger partial charge in [-0.25, -0.2) is 4.68 Å². The summed E-state index contributed by atoms with van der Waals surface area (Å²) in [5.41, 5.74) is 6.01. The Balaban J connectivity index is 1.30. The molecule has 162 valence electrons. The van der Waals surface area contributed by atoms with Crippen LogP contribution in [0.4, 0.5) is 0 Å².